The van der Waals surface area contributed by atoms with Crippen LogP contribution >= 0.6 is 11.6 Å². The minimum absolute atomic E-state index is 0.0149. The topological polar surface area (TPSA) is 88.5 Å². The largest absolute Gasteiger partial charge is 0.323 e. The molecule has 144 valence electrons. The van der Waals surface area contributed by atoms with Crippen LogP contribution in [0.5, 0.6) is 0 Å². The molecule has 1 N–H and O–H groups in total. The first kappa shape index (κ1) is 19.5. The van der Waals surface area contributed by atoms with Crippen molar-refractivity contribution in [3.05, 3.63) is 57.7 Å². The second kappa shape index (κ2) is 7.79. The van der Waals surface area contributed by atoms with Crippen molar-refractivity contribution in [2.45, 2.75) is 24.3 Å². The van der Waals surface area contributed by atoms with Gasteiger partial charge in [0.2, 0.25) is 15.9 Å². The number of sulfonamides is 1. The Labute approximate surface area is 160 Å². The SMILES string of the molecule is O=C(Cn1cc(S(=O)(=O)N2CCCC2)ccc1=O)Nc1ccc(F)cc1Cl. The predicted octanol–water partition coefficient (Wildman–Crippen LogP) is 2.06. The van der Waals surface area contributed by atoms with Crippen LogP contribution in [0.15, 0.2) is 46.2 Å². The molecule has 27 heavy (non-hydrogen) atoms. The Hall–Kier alpha value is -2.23. The number of aromatic nitrogens is 1. The number of benzene rings is 1. The molecular weight excluding hydrogens is 397 g/mol. The molecule has 0 unspecified atom stereocenters. The Balaban J connectivity index is 1.80. The van der Waals surface area contributed by atoms with Gasteiger partial charge in [0.15, 0.2) is 0 Å². The van der Waals surface area contributed by atoms with Gasteiger partial charge in [-0.3, -0.25) is 9.59 Å². The Morgan fingerprint density at radius 1 is 1.19 bits per heavy atom. The van der Waals surface area contributed by atoms with Crippen molar-refractivity contribution >= 4 is 33.2 Å². The van der Waals surface area contributed by atoms with Gasteiger partial charge in [0.05, 0.1) is 15.6 Å². The molecule has 7 nitrogen and oxygen atoms in total. The fourth-order valence-electron chi connectivity index (χ4n) is 2.80. The molecule has 0 saturated carbocycles. The van der Waals surface area contributed by atoms with Crippen LogP contribution in [-0.4, -0.2) is 36.3 Å². The van der Waals surface area contributed by atoms with Crippen molar-refractivity contribution < 1.29 is 17.6 Å². The molecule has 1 aromatic carbocycles. The van der Waals surface area contributed by atoms with Gasteiger partial charge in [-0.05, 0) is 37.1 Å². The lowest BCUT2D eigenvalue weighted by atomic mass is 10.3. The molecule has 0 radical (unpaired) electrons. The third-order valence-electron chi connectivity index (χ3n) is 4.18. The van der Waals surface area contributed by atoms with E-state index in [1.165, 1.54) is 16.4 Å². The lowest BCUT2D eigenvalue weighted by Gasteiger charge is -2.16. The predicted molar refractivity (Wildman–Crippen MR) is 98.7 cm³/mol. The van der Waals surface area contributed by atoms with Crippen molar-refractivity contribution in [2.75, 3.05) is 18.4 Å². The molecule has 1 amide bonds. The summed E-state index contributed by atoms with van der Waals surface area (Å²) in [4.78, 5) is 24.2. The number of halogens is 2. The number of hydrogen-bond donors (Lipinski definition) is 1. The smallest absolute Gasteiger partial charge is 0.251 e. The number of anilines is 1. The van der Waals surface area contributed by atoms with Gasteiger partial charge in [-0.25, -0.2) is 12.8 Å². The van der Waals surface area contributed by atoms with Gasteiger partial charge in [-0.2, -0.15) is 4.31 Å². The lowest BCUT2D eigenvalue weighted by molar-refractivity contribution is -0.116. The number of hydrogen-bond acceptors (Lipinski definition) is 4. The Morgan fingerprint density at radius 3 is 2.56 bits per heavy atom. The second-order valence-electron chi connectivity index (χ2n) is 6.11. The van der Waals surface area contributed by atoms with Crippen molar-refractivity contribution in [1.29, 1.82) is 0 Å². The molecule has 0 bridgehead atoms. The van der Waals surface area contributed by atoms with Gasteiger partial charge in [0.25, 0.3) is 5.56 Å². The highest BCUT2D eigenvalue weighted by Gasteiger charge is 2.27. The fourth-order valence-corrected chi connectivity index (χ4v) is 4.55. The van der Waals surface area contributed by atoms with Gasteiger partial charge in [0, 0.05) is 25.4 Å². The van der Waals surface area contributed by atoms with Gasteiger partial charge in [-0.1, -0.05) is 11.6 Å². The fraction of sp³-hybridized carbons (Fsp3) is 0.294. The number of rotatable bonds is 5. The number of carbonyl (C=O) groups is 1. The van der Waals surface area contributed by atoms with Crippen molar-refractivity contribution in [3.8, 4) is 0 Å². The summed E-state index contributed by atoms with van der Waals surface area (Å²) >= 11 is 5.86. The van der Waals surface area contributed by atoms with Crippen LogP contribution in [0.2, 0.25) is 5.02 Å². The number of carbonyl (C=O) groups excluding carboxylic acids is 1. The second-order valence-corrected chi connectivity index (χ2v) is 8.46. The highest BCUT2D eigenvalue weighted by molar-refractivity contribution is 7.89. The number of pyridine rings is 1. The van der Waals surface area contributed by atoms with Gasteiger partial charge < -0.3 is 9.88 Å². The molecule has 0 atom stereocenters. The standard InChI is InChI=1S/C17H17ClFN3O4S/c18-14-9-12(19)3-5-15(14)20-16(23)11-21-10-13(4-6-17(21)24)27(25,26)22-7-1-2-8-22/h3-6,9-10H,1-2,7-8,11H2,(H,20,23). The molecule has 1 aromatic heterocycles. The molecule has 10 heteroatoms. The van der Waals surface area contributed by atoms with E-state index in [0.717, 1.165) is 41.8 Å². The molecule has 1 saturated heterocycles. The van der Waals surface area contributed by atoms with Crippen LogP contribution in [0.3, 0.4) is 0 Å². The van der Waals surface area contributed by atoms with E-state index in [-0.39, 0.29) is 15.6 Å². The van der Waals surface area contributed by atoms with E-state index < -0.39 is 33.9 Å². The van der Waals surface area contributed by atoms with E-state index in [0.29, 0.717) is 13.1 Å². The molecule has 0 aliphatic carbocycles. The molecule has 3 rings (SSSR count). The van der Waals surface area contributed by atoms with E-state index in [1.54, 1.807) is 0 Å². The molecule has 2 aromatic rings. The summed E-state index contributed by atoms with van der Waals surface area (Å²) in [5.74, 6) is -1.14. The average Bonchev–Trinajstić information content (AvgIpc) is 3.15. The molecular formula is C17H17ClFN3O4S. The third kappa shape index (κ3) is 4.37. The number of nitrogens with one attached hydrogen (secondary N) is 1. The van der Waals surface area contributed by atoms with Crippen molar-refractivity contribution in [2.24, 2.45) is 0 Å². The van der Waals surface area contributed by atoms with Crippen LogP contribution in [0, 0.1) is 5.82 Å². The minimum atomic E-state index is -3.70. The minimum Gasteiger partial charge on any atom is -0.323 e. The maximum absolute atomic E-state index is 13.1. The zero-order valence-corrected chi connectivity index (χ0v) is 15.8. The average molecular weight is 414 g/mol. The summed E-state index contributed by atoms with van der Waals surface area (Å²) in [6.45, 7) is 0.464. The quantitative estimate of drug-likeness (QED) is 0.812. The summed E-state index contributed by atoms with van der Waals surface area (Å²) in [7, 11) is -3.70. The molecule has 2 heterocycles. The molecule has 0 spiro atoms. The lowest BCUT2D eigenvalue weighted by Crippen LogP contribution is -2.31. The van der Waals surface area contributed by atoms with Crippen LogP contribution < -0.4 is 10.9 Å². The molecule has 1 aliphatic heterocycles. The van der Waals surface area contributed by atoms with Gasteiger partial charge >= 0.3 is 0 Å². The van der Waals surface area contributed by atoms with Crippen LogP contribution in [-0.2, 0) is 21.4 Å². The number of nitrogens with zero attached hydrogens (tertiary/aromatic N) is 2. The van der Waals surface area contributed by atoms with Crippen LogP contribution in [0.25, 0.3) is 0 Å². The summed E-state index contributed by atoms with van der Waals surface area (Å²) < 4.78 is 40.6. The zero-order chi connectivity index (χ0) is 19.6. The monoisotopic (exact) mass is 413 g/mol. The van der Waals surface area contributed by atoms with Crippen LogP contribution in [0.1, 0.15) is 12.8 Å². The Morgan fingerprint density at radius 2 is 1.89 bits per heavy atom. The first-order chi connectivity index (χ1) is 12.8. The summed E-state index contributed by atoms with van der Waals surface area (Å²) in [5, 5.41) is 2.48. The Kier molecular flexibility index (Phi) is 5.64. The van der Waals surface area contributed by atoms with E-state index in [2.05, 4.69) is 5.32 Å². The van der Waals surface area contributed by atoms with E-state index in [1.807, 2.05) is 0 Å². The van der Waals surface area contributed by atoms with Gasteiger partial charge in [0.1, 0.15) is 12.4 Å². The van der Waals surface area contributed by atoms with E-state index in [9.17, 15) is 22.4 Å². The van der Waals surface area contributed by atoms with E-state index >= 15 is 0 Å². The summed E-state index contributed by atoms with van der Waals surface area (Å²) in [6.07, 6.45) is 2.74. The maximum Gasteiger partial charge on any atom is 0.251 e. The third-order valence-corrected chi connectivity index (χ3v) is 6.37. The van der Waals surface area contributed by atoms with Gasteiger partial charge in [-0.15, -0.1) is 0 Å². The normalized spacial score (nSPS) is 15.0. The van der Waals surface area contributed by atoms with E-state index in [4.69, 9.17) is 11.6 Å². The Bertz CT molecular complexity index is 1030. The molecule has 1 fully saturated rings. The number of amides is 1. The van der Waals surface area contributed by atoms with Crippen LogP contribution in [0.4, 0.5) is 10.1 Å². The first-order valence-electron chi connectivity index (χ1n) is 8.23. The highest BCUT2D eigenvalue weighted by atomic mass is 35.5. The van der Waals surface area contributed by atoms with Crippen molar-refractivity contribution in [1.82, 2.24) is 8.87 Å². The summed E-state index contributed by atoms with van der Waals surface area (Å²) in [6, 6.07) is 5.83. The highest BCUT2D eigenvalue weighted by Crippen LogP contribution is 2.22. The zero-order valence-electron chi connectivity index (χ0n) is 14.2. The summed E-state index contributed by atoms with van der Waals surface area (Å²) in [5.41, 5.74) is -0.326. The first-order valence-corrected chi connectivity index (χ1v) is 10.0. The maximum atomic E-state index is 13.1. The van der Waals surface area contributed by atoms with Crippen molar-refractivity contribution in [3.63, 3.8) is 0 Å². The molecule has 1 aliphatic rings.